The Hall–Kier alpha value is -4.38. The summed E-state index contributed by atoms with van der Waals surface area (Å²) in [7, 11) is 0. The van der Waals surface area contributed by atoms with E-state index in [4.69, 9.17) is 15.0 Å². The van der Waals surface area contributed by atoms with Crippen molar-refractivity contribution in [2.45, 2.75) is 50.6 Å². The van der Waals surface area contributed by atoms with Crippen molar-refractivity contribution in [2.75, 3.05) is 22.9 Å². The summed E-state index contributed by atoms with van der Waals surface area (Å²) in [6.45, 7) is 4.13. The highest BCUT2D eigenvalue weighted by atomic mass is 16.6. The van der Waals surface area contributed by atoms with Gasteiger partial charge in [-0.05, 0) is 73.9 Å². The van der Waals surface area contributed by atoms with Crippen LogP contribution < -0.4 is 9.80 Å². The van der Waals surface area contributed by atoms with E-state index in [9.17, 15) is 9.59 Å². The number of aromatic nitrogens is 3. The van der Waals surface area contributed by atoms with Crippen molar-refractivity contribution < 1.29 is 24.6 Å². The van der Waals surface area contributed by atoms with Gasteiger partial charge in [0.05, 0.1) is 11.4 Å². The number of hydrogen-bond acceptors (Lipinski definition) is 7. The highest BCUT2D eigenvalue weighted by Crippen LogP contribution is 2.43. The molecule has 4 heterocycles. The predicted molar refractivity (Wildman–Crippen MR) is 143 cm³/mol. The first-order valence-corrected chi connectivity index (χ1v) is 12.9. The van der Waals surface area contributed by atoms with Gasteiger partial charge in [0.2, 0.25) is 5.95 Å². The first-order chi connectivity index (χ1) is 18.8. The molecule has 202 valence electrons. The third-order valence-electron chi connectivity index (χ3n) is 7.54. The van der Waals surface area contributed by atoms with Crippen LogP contribution in [0.2, 0.25) is 0 Å². The van der Waals surface area contributed by atoms with Crippen LogP contribution in [0.1, 0.15) is 48.4 Å². The molecule has 3 aromatic rings. The highest BCUT2D eigenvalue weighted by Gasteiger charge is 2.60. The molecule has 1 aromatic carbocycles. The molecule has 1 aliphatic carbocycles. The number of likely N-dealkylation sites (tertiary alicyclic amines) is 1. The topological polar surface area (TPSA) is 140 Å². The van der Waals surface area contributed by atoms with E-state index in [0.717, 1.165) is 17.8 Å². The number of nitrogens with zero attached hydrogens (tertiary/aromatic N) is 6. The molecule has 0 unspecified atom stereocenters. The van der Waals surface area contributed by atoms with E-state index in [-0.39, 0.29) is 17.9 Å². The number of aryl methyl sites for hydroxylation is 1. The standard InChI is InChI=1S/C27H28N6O2.CH2O3/c1-19-4-2-13-28-23(19)18-31-16-11-27(12-17-31)24(34)32(22-9-7-21(8-10-22)20-5-6-20)26(35)33(27)25-29-14-3-15-30-25;2-1(3)4/h2-4,7-10,13-15,20H,5-6,11-12,16-18H2,1H3;(H2,2,3,4). The van der Waals surface area contributed by atoms with Crippen LogP contribution >= 0.6 is 0 Å². The molecule has 2 N–H and O–H groups in total. The zero-order valence-corrected chi connectivity index (χ0v) is 21.6. The Balaban J connectivity index is 0.000000723. The Labute approximate surface area is 225 Å². The molecule has 0 atom stereocenters. The Morgan fingerprint density at radius 3 is 2.15 bits per heavy atom. The lowest BCUT2D eigenvalue weighted by atomic mass is 9.85. The molecule has 0 bridgehead atoms. The van der Waals surface area contributed by atoms with Crippen molar-refractivity contribution in [3.05, 3.63) is 77.9 Å². The van der Waals surface area contributed by atoms with E-state index in [0.29, 0.717) is 37.5 Å². The number of carbonyl (C=O) groups is 3. The molecule has 11 nitrogen and oxygen atoms in total. The van der Waals surface area contributed by atoms with Gasteiger partial charge in [0.1, 0.15) is 5.54 Å². The second kappa shape index (κ2) is 10.8. The Kier molecular flexibility index (Phi) is 7.25. The van der Waals surface area contributed by atoms with Gasteiger partial charge >= 0.3 is 12.2 Å². The molecular formula is C28H30N6O5. The lowest BCUT2D eigenvalue weighted by Crippen LogP contribution is -2.57. The number of benzene rings is 1. The summed E-state index contributed by atoms with van der Waals surface area (Å²) in [4.78, 5) is 54.7. The minimum atomic E-state index is -1.83. The number of hydrogen-bond donors (Lipinski definition) is 2. The molecule has 3 amide bonds. The molecule has 2 aliphatic heterocycles. The van der Waals surface area contributed by atoms with E-state index in [1.54, 1.807) is 18.5 Å². The molecule has 3 fully saturated rings. The van der Waals surface area contributed by atoms with Crippen LogP contribution in [0.3, 0.4) is 0 Å². The number of imide groups is 1. The average Bonchev–Trinajstić information content (AvgIpc) is 3.75. The summed E-state index contributed by atoms with van der Waals surface area (Å²) >= 11 is 0. The van der Waals surface area contributed by atoms with Crippen molar-refractivity contribution in [3.63, 3.8) is 0 Å². The lowest BCUT2D eigenvalue weighted by molar-refractivity contribution is -0.123. The molecule has 0 radical (unpaired) electrons. The molecule has 11 heteroatoms. The van der Waals surface area contributed by atoms with Crippen molar-refractivity contribution in [3.8, 4) is 0 Å². The summed E-state index contributed by atoms with van der Waals surface area (Å²) in [6, 6.07) is 13.2. The second-order valence-corrected chi connectivity index (χ2v) is 10.0. The number of anilines is 2. The van der Waals surface area contributed by atoms with Crippen LogP contribution in [0.4, 0.5) is 21.2 Å². The van der Waals surface area contributed by atoms with Crippen molar-refractivity contribution >= 4 is 29.7 Å². The van der Waals surface area contributed by atoms with Crippen LogP contribution in [-0.2, 0) is 11.3 Å². The smallest absolute Gasteiger partial charge is 0.450 e. The zero-order chi connectivity index (χ0) is 27.6. The van der Waals surface area contributed by atoms with Gasteiger partial charge in [-0.2, -0.15) is 0 Å². The largest absolute Gasteiger partial charge is 0.503 e. The molecule has 2 aromatic heterocycles. The maximum absolute atomic E-state index is 14.0. The van der Waals surface area contributed by atoms with Gasteiger partial charge in [-0.3, -0.25) is 14.7 Å². The van der Waals surface area contributed by atoms with Gasteiger partial charge in [-0.25, -0.2) is 29.4 Å². The monoisotopic (exact) mass is 530 g/mol. The minimum Gasteiger partial charge on any atom is -0.450 e. The van der Waals surface area contributed by atoms with E-state index in [1.165, 1.54) is 28.2 Å². The van der Waals surface area contributed by atoms with Gasteiger partial charge < -0.3 is 10.2 Å². The molecule has 1 spiro atoms. The highest BCUT2D eigenvalue weighted by molar-refractivity contribution is 6.30. The fourth-order valence-corrected chi connectivity index (χ4v) is 5.31. The number of piperidine rings is 1. The molecule has 2 saturated heterocycles. The fraction of sp³-hybridized carbons (Fsp3) is 0.357. The van der Waals surface area contributed by atoms with E-state index >= 15 is 0 Å². The van der Waals surface area contributed by atoms with Crippen LogP contribution in [0, 0.1) is 6.92 Å². The van der Waals surface area contributed by atoms with Crippen molar-refractivity contribution in [2.24, 2.45) is 0 Å². The summed E-state index contributed by atoms with van der Waals surface area (Å²) in [6.07, 6.45) is 6.64. The maximum atomic E-state index is 14.0. The van der Waals surface area contributed by atoms with Crippen LogP contribution in [0.25, 0.3) is 0 Å². The number of amides is 3. The second-order valence-electron chi connectivity index (χ2n) is 10.0. The van der Waals surface area contributed by atoms with Crippen molar-refractivity contribution in [1.29, 1.82) is 0 Å². The SMILES string of the molecule is Cc1cccnc1CN1CCC2(CC1)C(=O)N(c1ccc(C3CC3)cc1)C(=O)N2c1ncccn1.O=C(O)O. The maximum Gasteiger partial charge on any atom is 0.503 e. The third-order valence-corrected chi connectivity index (χ3v) is 7.54. The minimum absolute atomic E-state index is 0.192. The van der Waals surface area contributed by atoms with E-state index in [1.807, 2.05) is 36.5 Å². The van der Waals surface area contributed by atoms with E-state index < -0.39 is 11.7 Å². The normalized spacial score (nSPS) is 18.7. The van der Waals surface area contributed by atoms with Crippen LogP contribution in [0.15, 0.2) is 61.1 Å². The van der Waals surface area contributed by atoms with Gasteiger partial charge in [-0.15, -0.1) is 0 Å². The number of urea groups is 1. The van der Waals surface area contributed by atoms with Gasteiger partial charge in [0.15, 0.2) is 0 Å². The van der Waals surface area contributed by atoms with E-state index in [2.05, 4.69) is 32.8 Å². The zero-order valence-electron chi connectivity index (χ0n) is 21.6. The Bertz CT molecular complexity index is 1350. The number of pyridine rings is 1. The first-order valence-electron chi connectivity index (χ1n) is 12.9. The van der Waals surface area contributed by atoms with Crippen molar-refractivity contribution in [1.82, 2.24) is 19.9 Å². The average molecular weight is 531 g/mol. The predicted octanol–water partition coefficient (Wildman–Crippen LogP) is 4.29. The Morgan fingerprint density at radius 2 is 1.56 bits per heavy atom. The molecule has 3 aliphatic rings. The quantitative estimate of drug-likeness (QED) is 0.462. The molecule has 1 saturated carbocycles. The number of carbonyl (C=O) groups excluding carboxylic acids is 2. The Morgan fingerprint density at radius 1 is 0.949 bits per heavy atom. The summed E-state index contributed by atoms with van der Waals surface area (Å²) in [5.41, 5.74) is 3.07. The van der Waals surface area contributed by atoms with Crippen LogP contribution in [-0.4, -0.2) is 66.8 Å². The van der Waals surface area contributed by atoms with Gasteiger partial charge in [-0.1, -0.05) is 18.2 Å². The van der Waals surface area contributed by atoms with Gasteiger partial charge in [0, 0.05) is 38.2 Å². The summed E-state index contributed by atoms with van der Waals surface area (Å²) < 4.78 is 0. The summed E-state index contributed by atoms with van der Waals surface area (Å²) in [5, 5.41) is 13.9. The number of rotatable bonds is 5. The fourth-order valence-electron chi connectivity index (χ4n) is 5.31. The lowest BCUT2D eigenvalue weighted by Gasteiger charge is -2.41. The molecule has 6 rings (SSSR count). The molecule has 39 heavy (non-hydrogen) atoms. The molecular weight excluding hydrogens is 500 g/mol. The van der Waals surface area contributed by atoms with Gasteiger partial charge in [0.25, 0.3) is 5.91 Å². The first kappa shape index (κ1) is 26.2. The summed E-state index contributed by atoms with van der Waals surface area (Å²) in [5.74, 6) is 0.696. The number of carboxylic acid groups (broad SMARTS) is 2. The third kappa shape index (κ3) is 5.30. The van der Waals surface area contributed by atoms with Crippen LogP contribution in [0.5, 0.6) is 0 Å².